The Morgan fingerprint density at radius 1 is 1.77 bits per heavy atom. The number of rotatable bonds is 4. The Bertz CT molecular complexity index is 199. The van der Waals surface area contributed by atoms with Crippen LogP contribution >= 0.6 is 0 Å². The number of hydrogen-bond donors (Lipinski definition) is 2. The molecular formula is C10H18N2O. The zero-order valence-electron chi connectivity index (χ0n) is 8.12. The van der Waals surface area contributed by atoms with E-state index in [9.17, 15) is 4.79 Å². The molecule has 3 N–H and O–H groups in total. The van der Waals surface area contributed by atoms with E-state index < -0.39 is 0 Å². The summed E-state index contributed by atoms with van der Waals surface area (Å²) in [6, 6.07) is 0.0445. The number of allylic oxidation sites excluding steroid dienone is 2. The standard InChI is InChI=1S/C10H18N2O/c1-8(11)7-12-10(13)6-9-4-2-3-5-9/h2,4,8-9H,3,5-7,11H2,1H3,(H,12,13). The summed E-state index contributed by atoms with van der Waals surface area (Å²) in [5, 5.41) is 2.81. The van der Waals surface area contributed by atoms with E-state index >= 15 is 0 Å². The van der Waals surface area contributed by atoms with Crippen LogP contribution < -0.4 is 11.1 Å². The van der Waals surface area contributed by atoms with E-state index in [0.29, 0.717) is 18.9 Å². The van der Waals surface area contributed by atoms with Crippen LogP contribution in [0.2, 0.25) is 0 Å². The minimum absolute atomic E-state index is 0.0445. The first kappa shape index (κ1) is 10.3. The van der Waals surface area contributed by atoms with E-state index in [1.54, 1.807) is 0 Å². The topological polar surface area (TPSA) is 55.1 Å². The van der Waals surface area contributed by atoms with Gasteiger partial charge in [-0.15, -0.1) is 0 Å². The minimum atomic E-state index is 0.0445. The maximum atomic E-state index is 11.3. The number of hydrogen-bond acceptors (Lipinski definition) is 2. The average Bonchev–Trinajstić information content (AvgIpc) is 2.53. The van der Waals surface area contributed by atoms with E-state index in [1.807, 2.05) is 6.92 Å². The van der Waals surface area contributed by atoms with Crippen LogP contribution in [-0.4, -0.2) is 18.5 Å². The normalized spacial score (nSPS) is 23.1. The van der Waals surface area contributed by atoms with Crippen LogP contribution in [0.4, 0.5) is 0 Å². The maximum Gasteiger partial charge on any atom is 0.220 e. The largest absolute Gasteiger partial charge is 0.355 e. The molecule has 1 aliphatic carbocycles. The molecule has 0 aliphatic heterocycles. The highest BCUT2D eigenvalue weighted by molar-refractivity contribution is 5.76. The van der Waals surface area contributed by atoms with Gasteiger partial charge in [-0.25, -0.2) is 0 Å². The zero-order chi connectivity index (χ0) is 9.68. The van der Waals surface area contributed by atoms with Gasteiger partial charge in [0.25, 0.3) is 0 Å². The van der Waals surface area contributed by atoms with Crippen LogP contribution in [0.5, 0.6) is 0 Å². The molecule has 0 radical (unpaired) electrons. The number of nitrogens with one attached hydrogen (secondary N) is 1. The van der Waals surface area contributed by atoms with Crippen molar-refractivity contribution in [3.05, 3.63) is 12.2 Å². The van der Waals surface area contributed by atoms with Crippen molar-refractivity contribution >= 4 is 5.91 Å². The average molecular weight is 182 g/mol. The monoisotopic (exact) mass is 182 g/mol. The molecule has 13 heavy (non-hydrogen) atoms. The fourth-order valence-electron chi connectivity index (χ4n) is 1.45. The van der Waals surface area contributed by atoms with Gasteiger partial charge in [0.15, 0.2) is 0 Å². The number of carbonyl (C=O) groups excluding carboxylic acids is 1. The first-order chi connectivity index (χ1) is 6.18. The Hall–Kier alpha value is -0.830. The molecule has 0 spiro atoms. The van der Waals surface area contributed by atoms with E-state index in [-0.39, 0.29) is 11.9 Å². The molecule has 1 amide bonds. The first-order valence-corrected chi connectivity index (χ1v) is 4.87. The van der Waals surface area contributed by atoms with E-state index in [4.69, 9.17) is 5.73 Å². The number of amides is 1. The Morgan fingerprint density at radius 2 is 2.54 bits per heavy atom. The van der Waals surface area contributed by atoms with Crippen LogP contribution in [0.1, 0.15) is 26.2 Å². The predicted octanol–water partition coefficient (Wildman–Crippen LogP) is 0.806. The van der Waals surface area contributed by atoms with Gasteiger partial charge in [-0.2, -0.15) is 0 Å². The highest BCUT2D eigenvalue weighted by Crippen LogP contribution is 2.19. The molecule has 3 nitrogen and oxygen atoms in total. The fraction of sp³-hybridized carbons (Fsp3) is 0.700. The Morgan fingerprint density at radius 3 is 3.08 bits per heavy atom. The molecule has 3 heteroatoms. The molecule has 0 heterocycles. The second-order valence-corrected chi connectivity index (χ2v) is 3.75. The second-order valence-electron chi connectivity index (χ2n) is 3.75. The Kier molecular flexibility index (Phi) is 3.96. The van der Waals surface area contributed by atoms with Crippen molar-refractivity contribution in [1.82, 2.24) is 5.32 Å². The summed E-state index contributed by atoms with van der Waals surface area (Å²) in [5.41, 5.74) is 5.52. The highest BCUT2D eigenvalue weighted by atomic mass is 16.1. The molecule has 0 aromatic carbocycles. The summed E-state index contributed by atoms with van der Waals surface area (Å²) in [6.07, 6.45) is 7.12. The molecule has 74 valence electrons. The summed E-state index contributed by atoms with van der Waals surface area (Å²) in [5.74, 6) is 0.571. The molecule has 0 aromatic rings. The van der Waals surface area contributed by atoms with E-state index in [2.05, 4.69) is 17.5 Å². The van der Waals surface area contributed by atoms with Gasteiger partial charge in [0, 0.05) is 19.0 Å². The van der Waals surface area contributed by atoms with Gasteiger partial charge in [-0.05, 0) is 25.7 Å². The van der Waals surface area contributed by atoms with Crippen molar-refractivity contribution in [2.45, 2.75) is 32.2 Å². The van der Waals surface area contributed by atoms with Crippen LogP contribution in [0, 0.1) is 5.92 Å². The van der Waals surface area contributed by atoms with E-state index in [1.165, 1.54) is 0 Å². The summed E-state index contributed by atoms with van der Waals surface area (Å²) < 4.78 is 0. The van der Waals surface area contributed by atoms with Crippen molar-refractivity contribution in [2.75, 3.05) is 6.54 Å². The predicted molar refractivity (Wildman–Crippen MR) is 53.1 cm³/mol. The quantitative estimate of drug-likeness (QED) is 0.632. The van der Waals surface area contributed by atoms with Gasteiger partial charge in [0.2, 0.25) is 5.91 Å². The lowest BCUT2D eigenvalue weighted by Crippen LogP contribution is -2.35. The molecule has 1 aliphatic rings. The van der Waals surface area contributed by atoms with Crippen LogP contribution in [0.15, 0.2) is 12.2 Å². The maximum absolute atomic E-state index is 11.3. The van der Waals surface area contributed by atoms with Crippen LogP contribution in [0.25, 0.3) is 0 Å². The van der Waals surface area contributed by atoms with Crippen molar-refractivity contribution < 1.29 is 4.79 Å². The summed E-state index contributed by atoms with van der Waals surface area (Å²) in [6.45, 7) is 2.46. The summed E-state index contributed by atoms with van der Waals surface area (Å²) >= 11 is 0. The van der Waals surface area contributed by atoms with Gasteiger partial charge in [0.05, 0.1) is 0 Å². The van der Waals surface area contributed by atoms with Gasteiger partial charge in [-0.3, -0.25) is 4.79 Å². The van der Waals surface area contributed by atoms with Gasteiger partial charge in [0.1, 0.15) is 0 Å². The highest BCUT2D eigenvalue weighted by Gasteiger charge is 2.13. The summed E-state index contributed by atoms with van der Waals surface area (Å²) in [7, 11) is 0. The van der Waals surface area contributed by atoms with Crippen LogP contribution in [0.3, 0.4) is 0 Å². The molecule has 2 unspecified atom stereocenters. The van der Waals surface area contributed by atoms with Gasteiger partial charge >= 0.3 is 0 Å². The van der Waals surface area contributed by atoms with Crippen molar-refractivity contribution in [2.24, 2.45) is 11.7 Å². The molecular weight excluding hydrogens is 164 g/mol. The summed E-state index contributed by atoms with van der Waals surface area (Å²) in [4.78, 5) is 11.3. The molecule has 0 fully saturated rings. The smallest absolute Gasteiger partial charge is 0.220 e. The molecule has 2 atom stereocenters. The number of carbonyl (C=O) groups is 1. The lowest BCUT2D eigenvalue weighted by Gasteiger charge is -2.10. The van der Waals surface area contributed by atoms with Gasteiger partial charge in [-0.1, -0.05) is 12.2 Å². The third-order valence-corrected chi connectivity index (χ3v) is 2.18. The molecule has 0 bridgehead atoms. The van der Waals surface area contributed by atoms with Gasteiger partial charge < -0.3 is 11.1 Å². The SMILES string of the molecule is CC(N)CNC(=O)CC1C=CCC1. The molecule has 0 saturated heterocycles. The third-order valence-electron chi connectivity index (χ3n) is 2.18. The first-order valence-electron chi connectivity index (χ1n) is 4.87. The molecule has 0 saturated carbocycles. The Labute approximate surface area is 79.4 Å². The van der Waals surface area contributed by atoms with Crippen molar-refractivity contribution in [1.29, 1.82) is 0 Å². The lowest BCUT2D eigenvalue weighted by atomic mass is 10.1. The number of nitrogens with two attached hydrogens (primary N) is 1. The molecule has 0 aromatic heterocycles. The van der Waals surface area contributed by atoms with Crippen molar-refractivity contribution in [3.63, 3.8) is 0 Å². The van der Waals surface area contributed by atoms with Crippen LogP contribution in [-0.2, 0) is 4.79 Å². The fourth-order valence-corrected chi connectivity index (χ4v) is 1.45. The van der Waals surface area contributed by atoms with E-state index in [0.717, 1.165) is 12.8 Å². The zero-order valence-corrected chi connectivity index (χ0v) is 8.12. The Balaban J connectivity index is 2.13. The molecule has 1 rings (SSSR count). The minimum Gasteiger partial charge on any atom is -0.355 e. The third kappa shape index (κ3) is 4.08. The lowest BCUT2D eigenvalue weighted by molar-refractivity contribution is -0.121. The second kappa shape index (κ2) is 5.02. The van der Waals surface area contributed by atoms with Crippen molar-refractivity contribution in [3.8, 4) is 0 Å².